The predicted molar refractivity (Wildman–Crippen MR) is 116 cm³/mol. The molecule has 0 saturated heterocycles. The molecule has 1 aliphatic rings. The molecule has 0 radical (unpaired) electrons. The van der Waals surface area contributed by atoms with Gasteiger partial charge in [0.1, 0.15) is 5.75 Å². The fraction of sp³-hybridized carbons (Fsp3) is 0.217. The topological polar surface area (TPSA) is 68.5 Å². The van der Waals surface area contributed by atoms with Crippen molar-refractivity contribution in [1.29, 1.82) is 0 Å². The number of nitrogens with two attached hydrogens (primary N) is 1. The highest BCUT2D eigenvalue weighted by molar-refractivity contribution is 7.80. The van der Waals surface area contributed by atoms with Crippen molar-refractivity contribution in [2.45, 2.75) is 18.2 Å². The minimum Gasteiger partial charge on any atom is -0.439 e. The van der Waals surface area contributed by atoms with Crippen molar-refractivity contribution in [3.63, 3.8) is 0 Å². The van der Waals surface area contributed by atoms with Crippen LogP contribution >= 0.6 is 12.6 Å². The Labute approximate surface area is 175 Å². The van der Waals surface area contributed by atoms with Crippen molar-refractivity contribution in [2.75, 3.05) is 13.1 Å². The van der Waals surface area contributed by atoms with Gasteiger partial charge in [-0.25, -0.2) is 4.98 Å². The first-order chi connectivity index (χ1) is 14.1. The average Bonchev–Trinajstić information content (AvgIpc) is 2.75. The lowest BCUT2D eigenvalue weighted by molar-refractivity contribution is 0.1000. The molecule has 0 fully saturated rings. The highest BCUT2D eigenvalue weighted by Crippen LogP contribution is 2.29. The minimum atomic E-state index is -0.502. The zero-order chi connectivity index (χ0) is 20.2. The summed E-state index contributed by atoms with van der Waals surface area (Å²) < 4.78 is 5.84. The maximum absolute atomic E-state index is 11.1. The third kappa shape index (κ3) is 4.78. The summed E-state index contributed by atoms with van der Waals surface area (Å²) in [6.07, 6.45) is 2.39. The van der Waals surface area contributed by atoms with E-state index in [1.165, 1.54) is 22.9 Å². The number of fused-ring (bicyclic) bond motifs is 1. The second-order valence-corrected chi connectivity index (χ2v) is 7.82. The minimum absolute atomic E-state index is 0.204. The zero-order valence-corrected chi connectivity index (χ0v) is 16.9. The lowest BCUT2D eigenvalue weighted by Gasteiger charge is -2.31. The molecule has 1 amide bonds. The second kappa shape index (κ2) is 8.68. The Morgan fingerprint density at radius 1 is 1.14 bits per heavy atom. The molecule has 0 saturated carbocycles. The number of pyridine rings is 1. The summed E-state index contributed by atoms with van der Waals surface area (Å²) in [7, 11) is 0. The third-order valence-corrected chi connectivity index (χ3v) is 5.59. The summed E-state index contributed by atoms with van der Waals surface area (Å²) >= 11 is 4.79. The first-order valence-corrected chi connectivity index (χ1v) is 10.1. The van der Waals surface area contributed by atoms with Gasteiger partial charge in [0, 0.05) is 37.1 Å². The van der Waals surface area contributed by atoms with Crippen LogP contribution in [-0.4, -0.2) is 28.9 Å². The van der Waals surface area contributed by atoms with E-state index >= 15 is 0 Å². The fourth-order valence-electron chi connectivity index (χ4n) is 3.54. The monoisotopic (exact) mass is 405 g/mol. The summed E-state index contributed by atoms with van der Waals surface area (Å²) in [6, 6.07) is 19.8. The van der Waals surface area contributed by atoms with Crippen molar-refractivity contribution in [2.24, 2.45) is 5.73 Å². The second-order valence-electron chi connectivity index (χ2n) is 7.19. The summed E-state index contributed by atoms with van der Waals surface area (Å²) in [5, 5.41) is 0.204. The molecule has 1 aromatic heterocycles. The normalized spacial score (nSPS) is 14.8. The highest BCUT2D eigenvalue weighted by atomic mass is 32.1. The molecule has 3 aromatic rings. The number of ether oxygens (including phenoxy) is 1. The van der Waals surface area contributed by atoms with Gasteiger partial charge in [0.15, 0.2) is 0 Å². The molecule has 1 atom stereocenters. The molecule has 0 bridgehead atoms. The van der Waals surface area contributed by atoms with Crippen LogP contribution in [0.15, 0.2) is 66.9 Å². The van der Waals surface area contributed by atoms with Crippen LogP contribution in [0.4, 0.5) is 0 Å². The Morgan fingerprint density at radius 3 is 2.69 bits per heavy atom. The summed E-state index contributed by atoms with van der Waals surface area (Å²) in [5.74, 6) is 0.680. The Kier molecular flexibility index (Phi) is 5.83. The smallest absolute Gasteiger partial charge is 0.250 e. The van der Waals surface area contributed by atoms with E-state index < -0.39 is 5.91 Å². The molecule has 2 heterocycles. The number of rotatable bonds is 6. The van der Waals surface area contributed by atoms with Gasteiger partial charge in [-0.15, -0.1) is 0 Å². The number of primary amides is 1. The van der Waals surface area contributed by atoms with Crippen LogP contribution in [-0.2, 0) is 13.0 Å². The molecule has 1 aliphatic heterocycles. The van der Waals surface area contributed by atoms with Crippen molar-refractivity contribution in [3.05, 3.63) is 89.1 Å². The van der Waals surface area contributed by atoms with Gasteiger partial charge in [0.2, 0.25) is 11.8 Å². The number of hydrogen-bond acceptors (Lipinski definition) is 5. The molecule has 4 rings (SSSR count). The van der Waals surface area contributed by atoms with Crippen LogP contribution in [0, 0.1) is 0 Å². The molecular formula is C23H23N3O2S. The van der Waals surface area contributed by atoms with Gasteiger partial charge in [0.05, 0.1) is 5.56 Å². The molecule has 1 unspecified atom stereocenters. The van der Waals surface area contributed by atoms with Crippen LogP contribution in [0.3, 0.4) is 0 Å². The van der Waals surface area contributed by atoms with Crippen molar-refractivity contribution < 1.29 is 9.53 Å². The number of nitrogens with zero attached hydrogens (tertiary/aromatic N) is 2. The number of benzene rings is 2. The Hall–Kier alpha value is -2.83. The van der Waals surface area contributed by atoms with E-state index in [4.69, 9.17) is 23.1 Å². The quantitative estimate of drug-likeness (QED) is 0.608. The summed E-state index contributed by atoms with van der Waals surface area (Å²) in [6.45, 7) is 2.82. The third-order valence-electron chi connectivity index (χ3n) is 5.13. The SMILES string of the molecule is NC(=O)c1ccc(Oc2ccc3c(c2)CCN(CC(S)c2ccccc2)C3)nc1. The Bertz CT molecular complexity index is 993. The first kappa shape index (κ1) is 19.5. The van der Waals surface area contributed by atoms with E-state index in [-0.39, 0.29) is 5.25 Å². The van der Waals surface area contributed by atoms with Gasteiger partial charge < -0.3 is 10.5 Å². The largest absolute Gasteiger partial charge is 0.439 e. The molecule has 29 heavy (non-hydrogen) atoms. The fourth-order valence-corrected chi connectivity index (χ4v) is 3.94. The van der Waals surface area contributed by atoms with Crippen molar-refractivity contribution in [3.8, 4) is 11.6 Å². The number of carbonyl (C=O) groups is 1. The molecule has 5 nitrogen and oxygen atoms in total. The van der Waals surface area contributed by atoms with E-state index in [0.717, 1.165) is 31.8 Å². The van der Waals surface area contributed by atoms with E-state index in [0.29, 0.717) is 11.4 Å². The number of amides is 1. The molecule has 2 aromatic carbocycles. The number of aromatic nitrogens is 1. The van der Waals surface area contributed by atoms with Gasteiger partial charge in [-0.05, 0) is 41.3 Å². The number of thiol groups is 1. The Balaban J connectivity index is 1.40. The molecule has 2 N–H and O–H groups in total. The predicted octanol–water partition coefficient (Wildman–Crippen LogP) is 4.00. The lowest BCUT2D eigenvalue weighted by atomic mass is 9.99. The van der Waals surface area contributed by atoms with Crippen LogP contribution in [0.5, 0.6) is 11.6 Å². The van der Waals surface area contributed by atoms with E-state index in [1.54, 1.807) is 12.1 Å². The van der Waals surface area contributed by atoms with E-state index in [2.05, 4.69) is 46.3 Å². The van der Waals surface area contributed by atoms with Gasteiger partial charge in [0.25, 0.3) is 0 Å². The highest BCUT2D eigenvalue weighted by Gasteiger charge is 2.19. The van der Waals surface area contributed by atoms with E-state index in [1.807, 2.05) is 12.1 Å². The van der Waals surface area contributed by atoms with Crippen LogP contribution in [0.25, 0.3) is 0 Å². The molecule has 148 valence electrons. The molecule has 0 aliphatic carbocycles. The van der Waals surface area contributed by atoms with Crippen LogP contribution in [0.1, 0.15) is 32.3 Å². The summed E-state index contributed by atoms with van der Waals surface area (Å²) in [4.78, 5) is 17.7. The van der Waals surface area contributed by atoms with Crippen molar-refractivity contribution in [1.82, 2.24) is 9.88 Å². The zero-order valence-electron chi connectivity index (χ0n) is 16.0. The van der Waals surface area contributed by atoms with Gasteiger partial charge in [-0.1, -0.05) is 36.4 Å². The summed E-state index contributed by atoms with van der Waals surface area (Å²) in [5.41, 5.74) is 9.46. The maximum atomic E-state index is 11.1. The lowest BCUT2D eigenvalue weighted by Crippen LogP contribution is -2.33. The van der Waals surface area contributed by atoms with Crippen molar-refractivity contribution >= 4 is 18.5 Å². The standard InChI is InChI=1S/C23H23N3O2S/c24-23(27)18-7-9-22(25-13-18)28-20-8-6-19-14-26(11-10-17(19)12-20)15-21(29)16-4-2-1-3-5-16/h1-9,12-13,21,29H,10-11,14-15H2,(H2,24,27). The van der Waals surface area contributed by atoms with Crippen LogP contribution < -0.4 is 10.5 Å². The van der Waals surface area contributed by atoms with Gasteiger partial charge in [-0.2, -0.15) is 12.6 Å². The molecule has 6 heteroatoms. The maximum Gasteiger partial charge on any atom is 0.250 e. The first-order valence-electron chi connectivity index (χ1n) is 9.59. The average molecular weight is 406 g/mol. The molecule has 0 spiro atoms. The van der Waals surface area contributed by atoms with E-state index in [9.17, 15) is 4.79 Å². The van der Waals surface area contributed by atoms with Gasteiger partial charge >= 0.3 is 0 Å². The van der Waals surface area contributed by atoms with Gasteiger partial charge in [-0.3, -0.25) is 9.69 Å². The van der Waals surface area contributed by atoms with Crippen LogP contribution in [0.2, 0.25) is 0 Å². The Morgan fingerprint density at radius 2 is 1.97 bits per heavy atom. The number of carbonyl (C=O) groups excluding carboxylic acids is 1. The number of hydrogen-bond donors (Lipinski definition) is 2. The molecular weight excluding hydrogens is 382 g/mol.